The van der Waals surface area contributed by atoms with Crippen LogP contribution in [0, 0.1) is 0 Å². The van der Waals surface area contributed by atoms with Crippen molar-refractivity contribution in [3.8, 4) is 0 Å². The molecule has 2 heteroatoms. The summed E-state index contributed by atoms with van der Waals surface area (Å²) in [7, 11) is 3.33. The third-order valence-corrected chi connectivity index (χ3v) is 8.54. The van der Waals surface area contributed by atoms with Gasteiger partial charge in [0.2, 0.25) is 0 Å². The van der Waals surface area contributed by atoms with Gasteiger partial charge in [0.1, 0.15) is 8.24 Å². The van der Waals surface area contributed by atoms with Gasteiger partial charge in [-0.3, -0.25) is 0 Å². The lowest BCUT2D eigenvalue weighted by molar-refractivity contribution is 0.600. The van der Waals surface area contributed by atoms with E-state index in [9.17, 15) is 0 Å². The number of allylic oxidation sites excluding steroid dienone is 1. The van der Waals surface area contributed by atoms with E-state index in [1.807, 2.05) is 0 Å². The van der Waals surface area contributed by atoms with Gasteiger partial charge >= 0.3 is 0 Å². The van der Waals surface area contributed by atoms with Crippen molar-refractivity contribution in [1.82, 2.24) is 4.57 Å². The van der Waals surface area contributed by atoms with E-state index in [0.717, 1.165) is 0 Å². The predicted octanol–water partition coefficient (Wildman–Crippen LogP) is 3.11. The zero-order valence-electron chi connectivity index (χ0n) is 9.06. The van der Waals surface area contributed by atoms with Crippen molar-refractivity contribution in [2.24, 2.45) is 0 Å². The summed E-state index contributed by atoms with van der Waals surface area (Å²) in [6.07, 6.45) is 3.41. The van der Waals surface area contributed by atoms with Gasteiger partial charge in [0.15, 0.2) is 0 Å². The molecule has 1 unspecified atom stereocenters. The molecular formula is C10H23NSi. The lowest BCUT2D eigenvalue weighted by Gasteiger charge is -2.36. The van der Waals surface area contributed by atoms with E-state index >= 15 is 0 Å². The average Bonchev–Trinajstić information content (AvgIpc) is 2.03. The molecule has 0 radical (unpaired) electrons. The molecule has 0 aliphatic heterocycles. The van der Waals surface area contributed by atoms with Crippen LogP contribution in [0.4, 0.5) is 0 Å². The molecule has 1 nitrogen and oxygen atoms in total. The summed E-state index contributed by atoms with van der Waals surface area (Å²) in [5.41, 5.74) is 0. The Morgan fingerprint density at radius 3 is 2.17 bits per heavy atom. The zero-order valence-corrected chi connectivity index (χ0v) is 10.1. The summed E-state index contributed by atoms with van der Waals surface area (Å²) >= 11 is 0. The Morgan fingerprint density at radius 2 is 1.92 bits per heavy atom. The van der Waals surface area contributed by atoms with Gasteiger partial charge in [-0.2, -0.15) is 0 Å². The summed E-state index contributed by atoms with van der Waals surface area (Å²) in [6.45, 7) is 8.47. The summed E-state index contributed by atoms with van der Waals surface area (Å²) < 4.78 is 2.48. The third-order valence-electron chi connectivity index (χ3n) is 2.85. The average molecular weight is 185 g/mol. The highest BCUT2D eigenvalue weighted by Crippen LogP contribution is 2.24. The monoisotopic (exact) mass is 185 g/mol. The fourth-order valence-electron chi connectivity index (χ4n) is 1.88. The number of hydrogen-bond acceptors (Lipinski definition) is 1. The molecule has 0 saturated carbocycles. The minimum Gasteiger partial charge on any atom is -0.329 e. The van der Waals surface area contributed by atoms with Crippen LogP contribution in [0.25, 0.3) is 0 Å². The Bertz CT molecular complexity index is 134. The van der Waals surface area contributed by atoms with Gasteiger partial charge < -0.3 is 4.57 Å². The van der Waals surface area contributed by atoms with Gasteiger partial charge in [0.05, 0.1) is 0 Å². The van der Waals surface area contributed by atoms with Crippen LogP contribution < -0.4 is 0 Å². The SMILES string of the molecule is C=CC[Si](CC)(CCC)N(C)C. The van der Waals surface area contributed by atoms with E-state index in [-0.39, 0.29) is 0 Å². The molecule has 0 aliphatic rings. The van der Waals surface area contributed by atoms with Crippen molar-refractivity contribution in [3.05, 3.63) is 12.7 Å². The zero-order chi connectivity index (χ0) is 9.61. The first-order valence-corrected chi connectivity index (χ1v) is 7.48. The van der Waals surface area contributed by atoms with Gasteiger partial charge in [-0.05, 0) is 32.2 Å². The third kappa shape index (κ3) is 2.76. The summed E-state index contributed by atoms with van der Waals surface area (Å²) in [5.74, 6) is 0. The largest absolute Gasteiger partial charge is 0.329 e. The molecular weight excluding hydrogens is 162 g/mol. The molecule has 0 aromatic carbocycles. The van der Waals surface area contributed by atoms with Crippen molar-refractivity contribution >= 4 is 8.24 Å². The quantitative estimate of drug-likeness (QED) is 0.454. The molecule has 72 valence electrons. The maximum absolute atomic E-state index is 3.87. The smallest absolute Gasteiger partial charge is 0.131 e. The van der Waals surface area contributed by atoms with Gasteiger partial charge in [-0.15, -0.1) is 6.58 Å². The second-order valence-electron chi connectivity index (χ2n) is 3.72. The molecule has 12 heavy (non-hydrogen) atoms. The first-order chi connectivity index (χ1) is 5.63. The van der Waals surface area contributed by atoms with Crippen molar-refractivity contribution in [2.75, 3.05) is 14.1 Å². The molecule has 0 amide bonds. The van der Waals surface area contributed by atoms with E-state index < -0.39 is 8.24 Å². The molecule has 0 aromatic heterocycles. The lowest BCUT2D eigenvalue weighted by Crippen LogP contribution is -2.48. The molecule has 0 aliphatic carbocycles. The highest BCUT2D eigenvalue weighted by Gasteiger charge is 2.30. The molecule has 0 aromatic rings. The summed E-state index contributed by atoms with van der Waals surface area (Å²) in [5, 5.41) is 0. The van der Waals surface area contributed by atoms with Crippen LogP contribution in [0.1, 0.15) is 20.3 Å². The Kier molecular flexibility index (Phi) is 5.50. The van der Waals surface area contributed by atoms with Gasteiger partial charge in [0.25, 0.3) is 0 Å². The van der Waals surface area contributed by atoms with Crippen LogP contribution in [0.5, 0.6) is 0 Å². The van der Waals surface area contributed by atoms with Crippen molar-refractivity contribution in [2.45, 2.75) is 38.4 Å². The maximum Gasteiger partial charge on any atom is 0.131 e. The number of nitrogens with zero attached hydrogens (tertiary/aromatic N) is 1. The summed E-state index contributed by atoms with van der Waals surface area (Å²) in [6, 6.07) is 3.99. The molecule has 0 heterocycles. The van der Waals surface area contributed by atoms with Crippen LogP contribution in [-0.2, 0) is 0 Å². The lowest BCUT2D eigenvalue weighted by atomic mass is 10.6. The first-order valence-electron chi connectivity index (χ1n) is 4.91. The van der Waals surface area contributed by atoms with Gasteiger partial charge in [-0.25, -0.2) is 0 Å². The van der Waals surface area contributed by atoms with E-state index in [4.69, 9.17) is 0 Å². The normalized spacial score (nSPS) is 16.1. The molecule has 0 N–H and O–H groups in total. The predicted molar refractivity (Wildman–Crippen MR) is 60.0 cm³/mol. The molecule has 0 fully saturated rings. The van der Waals surface area contributed by atoms with Crippen LogP contribution in [0.2, 0.25) is 18.1 Å². The fourth-order valence-corrected chi connectivity index (χ4v) is 5.64. The molecule has 0 spiro atoms. The highest BCUT2D eigenvalue weighted by atomic mass is 28.3. The topological polar surface area (TPSA) is 3.24 Å². The second kappa shape index (κ2) is 5.54. The minimum absolute atomic E-state index is 1.13. The van der Waals surface area contributed by atoms with Gasteiger partial charge in [-0.1, -0.05) is 26.3 Å². The fraction of sp³-hybridized carbons (Fsp3) is 0.800. The van der Waals surface area contributed by atoms with E-state index in [1.165, 1.54) is 24.6 Å². The Hall–Kier alpha value is -0.0831. The van der Waals surface area contributed by atoms with E-state index in [0.29, 0.717) is 0 Å². The second-order valence-corrected chi connectivity index (χ2v) is 8.67. The molecule has 0 bridgehead atoms. The Labute approximate surface area is 78.6 Å². The van der Waals surface area contributed by atoms with Gasteiger partial charge in [0, 0.05) is 0 Å². The van der Waals surface area contributed by atoms with Crippen LogP contribution in [0.15, 0.2) is 12.7 Å². The first kappa shape index (κ1) is 11.9. The maximum atomic E-state index is 3.87. The molecule has 1 atom stereocenters. The van der Waals surface area contributed by atoms with E-state index in [2.05, 4.69) is 45.2 Å². The van der Waals surface area contributed by atoms with Crippen molar-refractivity contribution in [1.29, 1.82) is 0 Å². The Balaban J connectivity index is 4.38. The standard InChI is InChI=1S/C10H23NSi/c1-6-9-12(8-3,10-7-2)11(4)5/h6H,1,7-10H2,2-5H3. The van der Waals surface area contributed by atoms with Crippen LogP contribution >= 0.6 is 0 Å². The summed E-state index contributed by atoms with van der Waals surface area (Å²) in [4.78, 5) is 0. The number of hydrogen-bond donors (Lipinski definition) is 0. The van der Waals surface area contributed by atoms with Crippen LogP contribution in [0.3, 0.4) is 0 Å². The number of rotatable bonds is 6. The minimum atomic E-state index is -1.13. The highest BCUT2D eigenvalue weighted by molar-refractivity contribution is 6.77. The van der Waals surface area contributed by atoms with Crippen molar-refractivity contribution in [3.63, 3.8) is 0 Å². The molecule has 0 rings (SSSR count). The Morgan fingerprint density at radius 1 is 1.33 bits per heavy atom. The van der Waals surface area contributed by atoms with Crippen molar-refractivity contribution < 1.29 is 0 Å². The molecule has 0 saturated heterocycles. The van der Waals surface area contributed by atoms with E-state index in [1.54, 1.807) is 0 Å². The van der Waals surface area contributed by atoms with Crippen LogP contribution in [-0.4, -0.2) is 26.9 Å².